The number of carbonyl (C=O) groups excluding carboxylic acids is 1. The Kier molecular flexibility index (Phi) is 4.94. The minimum Gasteiger partial charge on any atom is -0.338 e. The largest absolute Gasteiger partial charge is 0.338 e. The van der Waals surface area contributed by atoms with E-state index in [0.717, 1.165) is 36.2 Å². The number of H-pyrrole nitrogens is 1. The number of piperidine rings is 1. The molecule has 1 aliphatic rings. The highest BCUT2D eigenvalue weighted by Gasteiger charge is 2.28. The molecule has 1 saturated heterocycles. The van der Waals surface area contributed by atoms with Crippen molar-refractivity contribution in [2.45, 2.75) is 18.8 Å². The maximum Gasteiger partial charge on any atom is 0.253 e. The lowest BCUT2D eigenvalue weighted by molar-refractivity contribution is 0.0706. The Morgan fingerprint density at radius 2 is 1.89 bits per heavy atom. The number of likely N-dealkylation sites (tertiary alicyclic amines) is 1. The molecule has 2 heterocycles. The van der Waals surface area contributed by atoms with E-state index in [1.807, 2.05) is 4.90 Å². The number of hydrogen-bond donors (Lipinski definition) is 1. The van der Waals surface area contributed by atoms with E-state index in [4.69, 9.17) is 11.6 Å². The molecule has 0 bridgehead atoms. The average molecular weight is 384 g/mol. The molecule has 1 atom stereocenters. The second-order valence-electron chi connectivity index (χ2n) is 6.80. The van der Waals surface area contributed by atoms with Crippen molar-refractivity contribution >= 4 is 17.5 Å². The highest BCUT2D eigenvalue weighted by Crippen LogP contribution is 2.33. The van der Waals surface area contributed by atoms with Crippen molar-refractivity contribution < 1.29 is 9.18 Å². The number of halogens is 2. The predicted molar refractivity (Wildman–Crippen MR) is 103 cm³/mol. The summed E-state index contributed by atoms with van der Waals surface area (Å²) in [5.74, 6) is -0.0852. The van der Waals surface area contributed by atoms with Crippen LogP contribution in [0.2, 0.25) is 5.02 Å². The predicted octanol–water partition coefficient (Wildman–Crippen LogP) is 4.89. The number of hydrogen-bond acceptors (Lipinski definition) is 2. The van der Waals surface area contributed by atoms with Gasteiger partial charge in [-0.25, -0.2) is 4.39 Å². The van der Waals surface area contributed by atoms with Crippen molar-refractivity contribution in [1.82, 2.24) is 15.1 Å². The van der Waals surface area contributed by atoms with Gasteiger partial charge in [-0.2, -0.15) is 5.10 Å². The molecule has 138 valence electrons. The lowest BCUT2D eigenvalue weighted by Crippen LogP contribution is -2.39. The molecule has 27 heavy (non-hydrogen) atoms. The number of nitrogens with zero attached hydrogens (tertiary/aromatic N) is 2. The van der Waals surface area contributed by atoms with Gasteiger partial charge in [-0.05, 0) is 54.8 Å². The van der Waals surface area contributed by atoms with Crippen molar-refractivity contribution in [3.8, 4) is 11.1 Å². The highest BCUT2D eigenvalue weighted by molar-refractivity contribution is 6.30. The molecule has 1 fully saturated rings. The zero-order chi connectivity index (χ0) is 18.8. The monoisotopic (exact) mass is 383 g/mol. The Hall–Kier alpha value is -2.66. The van der Waals surface area contributed by atoms with Gasteiger partial charge in [0.05, 0.1) is 6.20 Å². The molecule has 6 heteroatoms. The zero-order valence-corrected chi connectivity index (χ0v) is 15.4. The number of nitrogens with one attached hydrogen (secondary N) is 1. The Balaban J connectivity index is 1.55. The first-order chi connectivity index (χ1) is 13.1. The molecule has 0 unspecified atom stereocenters. The fraction of sp³-hybridized carbons (Fsp3) is 0.238. The Labute approximate surface area is 162 Å². The Morgan fingerprint density at radius 3 is 2.63 bits per heavy atom. The van der Waals surface area contributed by atoms with E-state index in [9.17, 15) is 9.18 Å². The molecule has 0 radical (unpaired) electrons. The fourth-order valence-electron chi connectivity index (χ4n) is 3.64. The lowest BCUT2D eigenvalue weighted by atomic mass is 9.90. The van der Waals surface area contributed by atoms with Gasteiger partial charge in [0.25, 0.3) is 5.91 Å². The van der Waals surface area contributed by atoms with E-state index in [1.165, 1.54) is 12.1 Å². The van der Waals surface area contributed by atoms with E-state index in [-0.39, 0.29) is 17.6 Å². The maximum absolute atomic E-state index is 13.2. The van der Waals surface area contributed by atoms with Crippen molar-refractivity contribution in [2.24, 2.45) is 0 Å². The van der Waals surface area contributed by atoms with Gasteiger partial charge >= 0.3 is 0 Å². The molecule has 0 saturated carbocycles. The molecule has 0 aliphatic carbocycles. The number of rotatable bonds is 3. The van der Waals surface area contributed by atoms with Crippen molar-refractivity contribution in [3.63, 3.8) is 0 Å². The topological polar surface area (TPSA) is 49.0 Å². The summed E-state index contributed by atoms with van der Waals surface area (Å²) in [6, 6.07) is 13.4. The van der Waals surface area contributed by atoms with Crippen LogP contribution in [-0.2, 0) is 0 Å². The van der Waals surface area contributed by atoms with Gasteiger partial charge in [-0.15, -0.1) is 0 Å². The number of benzene rings is 2. The SMILES string of the molecule is O=C(c1ccc(Cl)cc1)N1CCC[C@@H](c2[nH]ncc2-c2ccc(F)cc2)C1. The van der Waals surface area contributed by atoms with Gasteiger partial charge < -0.3 is 4.90 Å². The fourth-order valence-corrected chi connectivity index (χ4v) is 3.77. The first-order valence-corrected chi connectivity index (χ1v) is 9.33. The number of amides is 1. The molecule has 1 N–H and O–H groups in total. The zero-order valence-electron chi connectivity index (χ0n) is 14.7. The number of carbonyl (C=O) groups is 1. The van der Waals surface area contributed by atoms with E-state index in [1.54, 1.807) is 42.6 Å². The van der Waals surface area contributed by atoms with Gasteiger partial charge in [0, 0.05) is 40.9 Å². The van der Waals surface area contributed by atoms with Crippen molar-refractivity contribution in [3.05, 3.63) is 76.8 Å². The van der Waals surface area contributed by atoms with E-state index in [0.29, 0.717) is 17.1 Å². The van der Waals surface area contributed by atoms with Crippen LogP contribution in [-0.4, -0.2) is 34.1 Å². The van der Waals surface area contributed by atoms with E-state index >= 15 is 0 Å². The number of aromatic amines is 1. The van der Waals surface area contributed by atoms with Gasteiger partial charge in [-0.1, -0.05) is 23.7 Å². The molecule has 4 nitrogen and oxygen atoms in total. The second kappa shape index (κ2) is 7.53. The first kappa shape index (κ1) is 17.7. The van der Waals surface area contributed by atoms with E-state index < -0.39 is 0 Å². The van der Waals surface area contributed by atoms with Crippen LogP contribution >= 0.6 is 11.6 Å². The van der Waals surface area contributed by atoms with Gasteiger partial charge in [0.1, 0.15) is 5.82 Å². The summed E-state index contributed by atoms with van der Waals surface area (Å²) in [4.78, 5) is 14.7. The quantitative estimate of drug-likeness (QED) is 0.700. The normalized spacial score (nSPS) is 17.1. The summed E-state index contributed by atoms with van der Waals surface area (Å²) in [5.41, 5.74) is 3.51. The third-order valence-corrected chi connectivity index (χ3v) is 5.28. The molecule has 1 aliphatic heterocycles. The Morgan fingerprint density at radius 1 is 1.15 bits per heavy atom. The smallest absolute Gasteiger partial charge is 0.253 e. The van der Waals surface area contributed by atoms with Crippen LogP contribution in [0.5, 0.6) is 0 Å². The molecule has 1 aromatic heterocycles. The average Bonchev–Trinajstić information content (AvgIpc) is 3.18. The molecule has 1 amide bonds. The minimum atomic E-state index is -0.263. The van der Waals surface area contributed by atoms with Crippen molar-refractivity contribution in [1.29, 1.82) is 0 Å². The van der Waals surface area contributed by atoms with Crippen LogP contribution in [0.25, 0.3) is 11.1 Å². The van der Waals surface area contributed by atoms with Gasteiger partial charge in [0.2, 0.25) is 0 Å². The Bertz CT molecular complexity index is 937. The van der Waals surface area contributed by atoms with Crippen LogP contribution in [0.15, 0.2) is 54.7 Å². The van der Waals surface area contributed by atoms with Crippen LogP contribution < -0.4 is 0 Å². The summed E-state index contributed by atoms with van der Waals surface area (Å²) in [7, 11) is 0. The minimum absolute atomic E-state index is 0.0132. The molecular weight excluding hydrogens is 365 g/mol. The van der Waals surface area contributed by atoms with Crippen molar-refractivity contribution in [2.75, 3.05) is 13.1 Å². The second-order valence-corrected chi connectivity index (χ2v) is 7.24. The van der Waals surface area contributed by atoms with Crippen LogP contribution in [0.3, 0.4) is 0 Å². The molecule has 0 spiro atoms. The third kappa shape index (κ3) is 3.74. The molecule has 3 aromatic rings. The van der Waals surface area contributed by atoms with Crippen LogP contribution in [0.1, 0.15) is 34.8 Å². The molecule has 2 aromatic carbocycles. The van der Waals surface area contributed by atoms with E-state index in [2.05, 4.69) is 10.2 Å². The summed E-state index contributed by atoms with van der Waals surface area (Å²) in [6.45, 7) is 1.36. The summed E-state index contributed by atoms with van der Waals surface area (Å²) >= 11 is 5.92. The van der Waals surface area contributed by atoms with Gasteiger partial charge in [0.15, 0.2) is 0 Å². The molecular formula is C21H19ClFN3O. The highest BCUT2D eigenvalue weighted by atomic mass is 35.5. The lowest BCUT2D eigenvalue weighted by Gasteiger charge is -2.33. The number of aromatic nitrogens is 2. The van der Waals surface area contributed by atoms with Crippen LogP contribution in [0.4, 0.5) is 4.39 Å². The van der Waals surface area contributed by atoms with Crippen LogP contribution in [0, 0.1) is 5.82 Å². The summed E-state index contributed by atoms with van der Waals surface area (Å²) < 4.78 is 13.2. The summed E-state index contributed by atoms with van der Waals surface area (Å²) in [6.07, 6.45) is 3.66. The summed E-state index contributed by atoms with van der Waals surface area (Å²) in [5, 5.41) is 7.91. The van der Waals surface area contributed by atoms with Gasteiger partial charge in [-0.3, -0.25) is 9.89 Å². The standard InChI is InChI=1S/C21H19ClFN3O/c22-17-7-3-15(4-8-17)21(27)26-11-1-2-16(13-26)20-19(12-24-25-20)14-5-9-18(23)10-6-14/h3-10,12,16H,1-2,11,13H2,(H,24,25)/t16-/m1/s1. The first-order valence-electron chi connectivity index (χ1n) is 8.96. The molecule has 4 rings (SSSR count). The third-order valence-electron chi connectivity index (χ3n) is 5.03. The maximum atomic E-state index is 13.2.